The maximum atomic E-state index is 13.9. The summed E-state index contributed by atoms with van der Waals surface area (Å²) in [6, 6.07) is 8.45. The summed E-state index contributed by atoms with van der Waals surface area (Å²) in [5, 5.41) is 7.24. The van der Waals surface area contributed by atoms with Crippen molar-refractivity contribution in [1.82, 2.24) is 29.7 Å². The van der Waals surface area contributed by atoms with Gasteiger partial charge in [0.25, 0.3) is 0 Å². The van der Waals surface area contributed by atoms with Crippen molar-refractivity contribution < 1.29 is 12.9 Å². The molecule has 2 N–H and O–H groups in total. The Kier molecular flexibility index (Phi) is 6.74. The number of hydrogen-bond donors (Lipinski definition) is 2. The highest BCUT2D eigenvalue weighted by Gasteiger charge is 2.32. The van der Waals surface area contributed by atoms with E-state index in [-0.39, 0.29) is 33.4 Å². The Morgan fingerprint density at radius 2 is 1.82 bits per heavy atom. The maximum Gasteiger partial charge on any atom is 0.439 e. The van der Waals surface area contributed by atoms with Gasteiger partial charge in [0.2, 0.25) is 26.6 Å². The van der Waals surface area contributed by atoms with Crippen LogP contribution in [0.2, 0.25) is 0 Å². The summed E-state index contributed by atoms with van der Waals surface area (Å²) in [5.74, 6) is 1.39. The standard InChI is InChI=1S/C27H33N7O4S/c1-16-11-13-18(14-12-16)15-34-21-22(28-17(2)19-7-6-8-19)29-24(25-32-27(35)38-33-25)30-23(21)31-26(34)39(36,37)20-9-4-3-5-10-20/h3-5,9-10,16-19H,6-8,11-15H2,1-2H3,(H,28,29,30)(H,32,33,35)/t16?,17-,18?/m1/s1. The number of sulfone groups is 1. The number of anilines is 1. The molecule has 3 aromatic heterocycles. The first kappa shape index (κ1) is 25.7. The first-order chi connectivity index (χ1) is 18.8. The smallest absolute Gasteiger partial charge is 0.365 e. The van der Waals surface area contributed by atoms with Gasteiger partial charge in [0.15, 0.2) is 11.5 Å². The molecule has 0 bridgehead atoms. The van der Waals surface area contributed by atoms with Crippen LogP contribution in [0.25, 0.3) is 22.8 Å². The highest BCUT2D eigenvalue weighted by Crippen LogP contribution is 2.36. The molecule has 2 fully saturated rings. The van der Waals surface area contributed by atoms with Crippen molar-refractivity contribution in [3.05, 3.63) is 40.9 Å². The molecule has 2 saturated carbocycles. The lowest BCUT2D eigenvalue weighted by atomic mass is 9.80. The van der Waals surface area contributed by atoms with Crippen LogP contribution in [-0.2, 0) is 16.4 Å². The highest BCUT2D eigenvalue weighted by atomic mass is 32.2. The summed E-state index contributed by atoms with van der Waals surface area (Å²) in [5.41, 5.74) is 0.773. The minimum Gasteiger partial charge on any atom is -0.365 e. The van der Waals surface area contributed by atoms with Gasteiger partial charge < -0.3 is 9.88 Å². The molecule has 39 heavy (non-hydrogen) atoms. The second kappa shape index (κ2) is 10.2. The van der Waals surface area contributed by atoms with Gasteiger partial charge in [0.05, 0.1) is 4.90 Å². The Bertz CT molecular complexity index is 1630. The fourth-order valence-electron chi connectivity index (χ4n) is 5.67. The Morgan fingerprint density at radius 1 is 1.08 bits per heavy atom. The molecule has 4 aromatic rings. The third-order valence-corrected chi connectivity index (χ3v) is 10.00. The van der Waals surface area contributed by atoms with E-state index in [4.69, 9.17) is 4.98 Å². The number of nitrogens with one attached hydrogen (secondary N) is 2. The minimum atomic E-state index is -3.96. The number of rotatable bonds is 8. The summed E-state index contributed by atoms with van der Waals surface area (Å²) >= 11 is 0. The van der Waals surface area contributed by atoms with Gasteiger partial charge in [0.1, 0.15) is 5.52 Å². The lowest BCUT2D eigenvalue weighted by molar-refractivity contribution is 0.261. The number of imidazole rings is 1. The molecule has 2 aliphatic rings. The number of hydrogen-bond acceptors (Lipinski definition) is 9. The Balaban J connectivity index is 1.54. The van der Waals surface area contributed by atoms with E-state index in [0.717, 1.165) is 38.5 Å². The molecule has 0 saturated heterocycles. The van der Waals surface area contributed by atoms with Crippen molar-refractivity contribution >= 4 is 26.8 Å². The van der Waals surface area contributed by atoms with Crippen molar-refractivity contribution in [2.45, 2.75) is 81.4 Å². The lowest BCUT2D eigenvalue weighted by Gasteiger charge is -2.32. The summed E-state index contributed by atoms with van der Waals surface area (Å²) in [6.45, 7) is 4.88. The first-order valence-electron chi connectivity index (χ1n) is 13.7. The van der Waals surface area contributed by atoms with Crippen LogP contribution in [0.5, 0.6) is 0 Å². The molecule has 206 valence electrons. The van der Waals surface area contributed by atoms with Crippen LogP contribution in [0.3, 0.4) is 0 Å². The molecule has 11 nitrogen and oxygen atoms in total. The summed E-state index contributed by atoms with van der Waals surface area (Å²) in [4.78, 5) is 28.2. The molecule has 0 spiro atoms. The lowest BCUT2D eigenvalue weighted by Crippen LogP contribution is -2.31. The number of aromatic amines is 1. The van der Waals surface area contributed by atoms with Gasteiger partial charge in [-0.3, -0.25) is 9.51 Å². The van der Waals surface area contributed by atoms with E-state index in [2.05, 4.69) is 43.8 Å². The van der Waals surface area contributed by atoms with Gasteiger partial charge in [-0.2, -0.15) is 4.98 Å². The van der Waals surface area contributed by atoms with Gasteiger partial charge in [-0.05, 0) is 62.5 Å². The average molecular weight is 552 g/mol. The van der Waals surface area contributed by atoms with Crippen molar-refractivity contribution in [3.8, 4) is 11.6 Å². The van der Waals surface area contributed by atoms with Gasteiger partial charge in [-0.1, -0.05) is 49.5 Å². The van der Waals surface area contributed by atoms with E-state index >= 15 is 0 Å². The Labute approximate surface area is 226 Å². The number of nitrogens with zero attached hydrogens (tertiary/aromatic N) is 5. The van der Waals surface area contributed by atoms with Gasteiger partial charge >= 0.3 is 5.76 Å². The zero-order valence-corrected chi connectivity index (χ0v) is 22.9. The zero-order valence-electron chi connectivity index (χ0n) is 22.1. The number of benzene rings is 1. The molecule has 2 aliphatic carbocycles. The molecule has 0 unspecified atom stereocenters. The van der Waals surface area contributed by atoms with Crippen LogP contribution < -0.4 is 11.1 Å². The van der Waals surface area contributed by atoms with Crippen LogP contribution >= 0.6 is 0 Å². The van der Waals surface area contributed by atoms with Crippen LogP contribution in [0, 0.1) is 17.8 Å². The number of H-pyrrole nitrogens is 1. The molecular weight excluding hydrogens is 518 g/mol. The number of fused-ring (bicyclic) bond motifs is 1. The average Bonchev–Trinajstić information content (AvgIpc) is 3.49. The first-order valence-corrected chi connectivity index (χ1v) is 15.2. The molecule has 12 heteroatoms. The van der Waals surface area contributed by atoms with E-state index in [1.54, 1.807) is 34.9 Å². The summed E-state index contributed by atoms with van der Waals surface area (Å²) < 4.78 is 34.4. The molecule has 0 aliphatic heterocycles. The minimum absolute atomic E-state index is 0.0539. The molecule has 3 heterocycles. The third-order valence-electron chi connectivity index (χ3n) is 8.31. The molecule has 6 rings (SSSR count). The Hall–Kier alpha value is -3.54. The SMILES string of the molecule is CC1CCC(Cn2c(S(=O)(=O)c3ccccc3)nc3nc(-c4noc(=O)[nH]4)nc(N[C@H](C)C4CCC4)c32)CC1. The largest absolute Gasteiger partial charge is 0.439 e. The number of aromatic nitrogens is 6. The van der Waals surface area contributed by atoms with Crippen molar-refractivity contribution in [3.63, 3.8) is 0 Å². The van der Waals surface area contributed by atoms with Crippen LogP contribution in [-0.4, -0.2) is 44.1 Å². The van der Waals surface area contributed by atoms with Gasteiger partial charge in [0, 0.05) is 12.6 Å². The second-order valence-electron chi connectivity index (χ2n) is 11.1. The predicted molar refractivity (Wildman–Crippen MR) is 145 cm³/mol. The quantitative estimate of drug-likeness (QED) is 0.324. The predicted octanol–water partition coefficient (Wildman–Crippen LogP) is 4.43. The van der Waals surface area contributed by atoms with E-state index < -0.39 is 15.6 Å². The van der Waals surface area contributed by atoms with Gasteiger partial charge in [-0.15, -0.1) is 0 Å². The van der Waals surface area contributed by atoms with Crippen LogP contribution in [0.1, 0.15) is 58.8 Å². The topological polar surface area (TPSA) is 149 Å². The molecule has 0 amide bonds. The van der Waals surface area contributed by atoms with E-state index in [9.17, 15) is 13.2 Å². The summed E-state index contributed by atoms with van der Waals surface area (Å²) in [7, 11) is -3.96. The van der Waals surface area contributed by atoms with Crippen molar-refractivity contribution in [1.29, 1.82) is 0 Å². The van der Waals surface area contributed by atoms with Crippen LogP contribution in [0.15, 0.2) is 49.7 Å². The van der Waals surface area contributed by atoms with E-state index in [1.165, 1.54) is 6.42 Å². The van der Waals surface area contributed by atoms with E-state index in [0.29, 0.717) is 35.6 Å². The second-order valence-corrected chi connectivity index (χ2v) is 12.9. The normalized spacial score (nSPS) is 21.1. The summed E-state index contributed by atoms with van der Waals surface area (Å²) in [6.07, 6.45) is 7.71. The highest BCUT2D eigenvalue weighted by molar-refractivity contribution is 7.91. The fraction of sp³-hybridized carbons (Fsp3) is 0.519. The monoisotopic (exact) mass is 551 g/mol. The molecule has 1 aromatic carbocycles. The third kappa shape index (κ3) is 4.97. The Morgan fingerprint density at radius 3 is 2.46 bits per heavy atom. The van der Waals surface area contributed by atoms with Gasteiger partial charge in [-0.25, -0.2) is 23.2 Å². The zero-order chi connectivity index (χ0) is 27.1. The molecular formula is C27H33N7O4S. The molecule has 0 radical (unpaired) electrons. The molecule has 1 atom stereocenters. The maximum absolute atomic E-state index is 13.9. The fourth-order valence-corrected chi connectivity index (χ4v) is 7.06. The van der Waals surface area contributed by atoms with E-state index in [1.807, 2.05) is 0 Å². The van der Waals surface area contributed by atoms with Crippen LogP contribution in [0.4, 0.5) is 5.82 Å². The van der Waals surface area contributed by atoms with Crippen molar-refractivity contribution in [2.75, 3.05) is 5.32 Å². The van der Waals surface area contributed by atoms with Crippen molar-refractivity contribution in [2.24, 2.45) is 17.8 Å².